The van der Waals surface area contributed by atoms with Crippen LogP contribution in [-0.4, -0.2) is 59.0 Å². The zero-order valence-corrected chi connectivity index (χ0v) is 11.1. The van der Waals surface area contributed by atoms with E-state index in [0.29, 0.717) is 32.0 Å². The van der Waals surface area contributed by atoms with Gasteiger partial charge in [-0.25, -0.2) is 0 Å². The number of nitrogens with zero attached hydrogens (tertiary/aromatic N) is 2. The highest BCUT2D eigenvalue weighted by Gasteiger charge is 2.42. The summed E-state index contributed by atoms with van der Waals surface area (Å²) in [5, 5.41) is 9.21. The first kappa shape index (κ1) is 13.3. The minimum absolute atomic E-state index is 0.0344. The van der Waals surface area contributed by atoms with Crippen LogP contribution in [0.3, 0.4) is 0 Å². The number of amides is 2. The standard InChI is InChI=1S/C13H22N2O3/c1-9(16)5-6-14(2)13(18)10-7-12(17)15(8-10)11-3-4-11/h9-11,16H,3-8H2,1-2H3. The van der Waals surface area contributed by atoms with E-state index in [4.69, 9.17) is 0 Å². The smallest absolute Gasteiger partial charge is 0.227 e. The maximum absolute atomic E-state index is 12.2. The molecule has 1 heterocycles. The van der Waals surface area contributed by atoms with Crippen molar-refractivity contribution < 1.29 is 14.7 Å². The summed E-state index contributed by atoms with van der Waals surface area (Å²) in [4.78, 5) is 27.4. The third kappa shape index (κ3) is 3.02. The molecule has 2 aliphatic rings. The van der Waals surface area contributed by atoms with Crippen LogP contribution in [0.15, 0.2) is 0 Å². The minimum atomic E-state index is -0.395. The van der Waals surface area contributed by atoms with Crippen molar-refractivity contribution in [1.82, 2.24) is 9.80 Å². The highest BCUT2D eigenvalue weighted by Crippen LogP contribution is 2.33. The van der Waals surface area contributed by atoms with Crippen LogP contribution in [0.25, 0.3) is 0 Å². The fourth-order valence-corrected chi connectivity index (χ4v) is 2.44. The van der Waals surface area contributed by atoms with E-state index in [2.05, 4.69) is 0 Å². The molecule has 0 aromatic rings. The van der Waals surface area contributed by atoms with Gasteiger partial charge in [-0.05, 0) is 26.2 Å². The second-order valence-corrected chi connectivity index (χ2v) is 5.58. The summed E-state index contributed by atoms with van der Waals surface area (Å²) in [5.74, 6) is -0.0241. The Balaban J connectivity index is 1.84. The predicted molar refractivity (Wildman–Crippen MR) is 66.8 cm³/mol. The van der Waals surface area contributed by atoms with Crippen molar-refractivity contribution in [2.24, 2.45) is 5.92 Å². The Bertz CT molecular complexity index is 339. The van der Waals surface area contributed by atoms with Crippen LogP contribution in [0.1, 0.15) is 32.6 Å². The van der Waals surface area contributed by atoms with Gasteiger partial charge in [-0.2, -0.15) is 0 Å². The van der Waals surface area contributed by atoms with Gasteiger partial charge in [0, 0.05) is 32.6 Å². The molecule has 5 nitrogen and oxygen atoms in total. The highest BCUT2D eigenvalue weighted by atomic mass is 16.3. The lowest BCUT2D eigenvalue weighted by molar-refractivity contribution is -0.134. The van der Waals surface area contributed by atoms with Gasteiger partial charge >= 0.3 is 0 Å². The second kappa shape index (κ2) is 5.26. The maximum Gasteiger partial charge on any atom is 0.227 e. The first-order valence-electron chi connectivity index (χ1n) is 6.71. The molecule has 2 atom stereocenters. The van der Waals surface area contributed by atoms with Crippen LogP contribution in [0.4, 0.5) is 0 Å². The Morgan fingerprint density at radius 1 is 1.56 bits per heavy atom. The molecule has 1 aliphatic heterocycles. The van der Waals surface area contributed by atoms with E-state index in [-0.39, 0.29) is 17.7 Å². The Labute approximate surface area is 108 Å². The summed E-state index contributed by atoms with van der Waals surface area (Å²) in [6.45, 7) is 2.85. The summed E-state index contributed by atoms with van der Waals surface area (Å²) >= 11 is 0. The van der Waals surface area contributed by atoms with Gasteiger partial charge in [0.15, 0.2) is 0 Å². The summed E-state index contributed by atoms with van der Waals surface area (Å²) < 4.78 is 0. The van der Waals surface area contributed by atoms with Gasteiger partial charge in [-0.15, -0.1) is 0 Å². The third-order valence-corrected chi connectivity index (χ3v) is 3.75. The first-order chi connectivity index (χ1) is 8.49. The van der Waals surface area contributed by atoms with Gasteiger partial charge in [0.05, 0.1) is 12.0 Å². The van der Waals surface area contributed by atoms with E-state index < -0.39 is 6.10 Å². The molecular weight excluding hydrogens is 232 g/mol. The summed E-state index contributed by atoms with van der Waals surface area (Å²) in [6, 6.07) is 0.401. The van der Waals surface area contributed by atoms with Gasteiger partial charge in [-0.3, -0.25) is 9.59 Å². The summed E-state index contributed by atoms with van der Waals surface area (Å²) in [5.41, 5.74) is 0. The second-order valence-electron chi connectivity index (χ2n) is 5.58. The summed E-state index contributed by atoms with van der Waals surface area (Å²) in [7, 11) is 1.75. The van der Waals surface area contributed by atoms with E-state index in [1.807, 2.05) is 4.90 Å². The van der Waals surface area contributed by atoms with E-state index >= 15 is 0 Å². The van der Waals surface area contributed by atoms with Crippen molar-refractivity contribution in [3.63, 3.8) is 0 Å². The number of aliphatic hydroxyl groups is 1. The lowest BCUT2D eigenvalue weighted by Gasteiger charge is -2.22. The molecule has 2 unspecified atom stereocenters. The van der Waals surface area contributed by atoms with Crippen LogP contribution < -0.4 is 0 Å². The molecule has 2 rings (SSSR count). The van der Waals surface area contributed by atoms with Gasteiger partial charge in [0.1, 0.15) is 0 Å². The SMILES string of the molecule is CC(O)CCN(C)C(=O)C1CC(=O)N(C2CC2)C1. The molecule has 0 aromatic heterocycles. The highest BCUT2D eigenvalue weighted by molar-refractivity contribution is 5.89. The first-order valence-corrected chi connectivity index (χ1v) is 6.71. The lowest BCUT2D eigenvalue weighted by Crippen LogP contribution is -2.36. The molecule has 1 N–H and O–H groups in total. The molecule has 5 heteroatoms. The Morgan fingerprint density at radius 3 is 2.78 bits per heavy atom. The van der Waals surface area contributed by atoms with E-state index in [9.17, 15) is 14.7 Å². The number of carbonyl (C=O) groups is 2. The number of likely N-dealkylation sites (tertiary alicyclic amines) is 1. The van der Waals surface area contributed by atoms with Crippen LogP contribution in [0.5, 0.6) is 0 Å². The van der Waals surface area contributed by atoms with Crippen molar-refractivity contribution in [1.29, 1.82) is 0 Å². The van der Waals surface area contributed by atoms with Crippen molar-refractivity contribution in [2.45, 2.75) is 44.8 Å². The average molecular weight is 254 g/mol. The van der Waals surface area contributed by atoms with Crippen LogP contribution in [0, 0.1) is 5.92 Å². The zero-order valence-electron chi connectivity index (χ0n) is 11.1. The monoisotopic (exact) mass is 254 g/mol. The van der Waals surface area contributed by atoms with E-state index in [0.717, 1.165) is 12.8 Å². The van der Waals surface area contributed by atoms with Crippen LogP contribution >= 0.6 is 0 Å². The number of hydrogen-bond donors (Lipinski definition) is 1. The molecule has 0 bridgehead atoms. The van der Waals surface area contributed by atoms with Crippen molar-refractivity contribution in [3.8, 4) is 0 Å². The molecule has 1 saturated heterocycles. The Kier molecular flexibility index (Phi) is 3.90. The topological polar surface area (TPSA) is 60.9 Å². The van der Waals surface area contributed by atoms with Gasteiger partial charge in [-0.1, -0.05) is 0 Å². The van der Waals surface area contributed by atoms with Crippen molar-refractivity contribution >= 4 is 11.8 Å². The molecule has 1 saturated carbocycles. The fraction of sp³-hybridized carbons (Fsp3) is 0.846. The van der Waals surface area contributed by atoms with Gasteiger partial charge < -0.3 is 14.9 Å². The molecule has 0 aromatic carbocycles. The Hall–Kier alpha value is -1.10. The fourth-order valence-electron chi connectivity index (χ4n) is 2.44. The van der Waals surface area contributed by atoms with Gasteiger partial charge in [0.2, 0.25) is 11.8 Å². The number of carbonyl (C=O) groups excluding carboxylic acids is 2. The molecule has 1 aliphatic carbocycles. The Morgan fingerprint density at radius 2 is 2.22 bits per heavy atom. The summed E-state index contributed by atoms with van der Waals surface area (Å²) in [6.07, 6.45) is 2.71. The number of hydrogen-bond acceptors (Lipinski definition) is 3. The predicted octanol–water partition coefficient (Wildman–Crippen LogP) is 0.227. The zero-order chi connectivity index (χ0) is 13.3. The molecule has 0 radical (unpaired) electrons. The van der Waals surface area contributed by atoms with E-state index in [1.165, 1.54) is 0 Å². The van der Waals surface area contributed by atoms with Crippen LogP contribution in [-0.2, 0) is 9.59 Å². The third-order valence-electron chi connectivity index (χ3n) is 3.75. The average Bonchev–Trinajstić information content (AvgIpc) is 3.08. The molecule has 102 valence electrons. The van der Waals surface area contributed by atoms with Crippen molar-refractivity contribution in [3.05, 3.63) is 0 Å². The van der Waals surface area contributed by atoms with Gasteiger partial charge in [0.25, 0.3) is 0 Å². The molecule has 0 spiro atoms. The maximum atomic E-state index is 12.2. The molecule has 18 heavy (non-hydrogen) atoms. The van der Waals surface area contributed by atoms with Crippen LogP contribution in [0.2, 0.25) is 0 Å². The molecule has 2 fully saturated rings. The molecular formula is C13H22N2O3. The minimum Gasteiger partial charge on any atom is -0.393 e. The number of rotatable bonds is 5. The molecule has 2 amide bonds. The largest absolute Gasteiger partial charge is 0.393 e. The normalized spacial score (nSPS) is 25.4. The lowest BCUT2D eigenvalue weighted by atomic mass is 10.1. The van der Waals surface area contributed by atoms with E-state index in [1.54, 1.807) is 18.9 Å². The van der Waals surface area contributed by atoms with Crippen molar-refractivity contribution in [2.75, 3.05) is 20.1 Å². The quantitative estimate of drug-likeness (QED) is 0.764. The number of aliphatic hydroxyl groups excluding tert-OH is 1.